The van der Waals surface area contributed by atoms with Crippen molar-refractivity contribution in [1.82, 2.24) is 4.90 Å². The third kappa shape index (κ3) is 4.04. The predicted molar refractivity (Wildman–Crippen MR) is 66.5 cm³/mol. The predicted octanol–water partition coefficient (Wildman–Crippen LogP) is 1.76. The summed E-state index contributed by atoms with van der Waals surface area (Å²) in [4.78, 5) is 2.54. The van der Waals surface area contributed by atoms with E-state index in [4.69, 9.17) is 10.5 Å². The Kier molecular flexibility index (Phi) is 5.07. The second-order valence-electron chi connectivity index (χ2n) is 5.31. The molecule has 0 aromatic rings. The van der Waals surface area contributed by atoms with E-state index in [-0.39, 0.29) is 0 Å². The van der Waals surface area contributed by atoms with Crippen LogP contribution >= 0.6 is 0 Å². The summed E-state index contributed by atoms with van der Waals surface area (Å²) in [5.74, 6) is 0. The van der Waals surface area contributed by atoms with Crippen LogP contribution in [0.4, 0.5) is 0 Å². The van der Waals surface area contributed by atoms with Crippen molar-refractivity contribution in [2.24, 2.45) is 5.73 Å². The van der Waals surface area contributed by atoms with Gasteiger partial charge in [-0.15, -0.1) is 0 Å². The van der Waals surface area contributed by atoms with Crippen LogP contribution < -0.4 is 5.73 Å². The second-order valence-corrected chi connectivity index (χ2v) is 5.31. The summed E-state index contributed by atoms with van der Waals surface area (Å²) in [6.45, 7) is 4.60. The SMILES string of the molecule is NC1CCC(OCCN2CCCCC2)CC1. The Morgan fingerprint density at radius 2 is 1.69 bits per heavy atom. The molecule has 0 bridgehead atoms. The Bertz CT molecular complexity index is 184. The molecular formula is C13H26N2O. The Morgan fingerprint density at radius 1 is 1.00 bits per heavy atom. The zero-order valence-electron chi connectivity index (χ0n) is 10.4. The molecule has 0 radical (unpaired) electrons. The van der Waals surface area contributed by atoms with Gasteiger partial charge in [-0.05, 0) is 51.6 Å². The highest BCUT2D eigenvalue weighted by Gasteiger charge is 2.19. The molecule has 1 saturated carbocycles. The van der Waals surface area contributed by atoms with E-state index in [0.717, 1.165) is 26.0 Å². The van der Waals surface area contributed by atoms with Crippen LogP contribution in [-0.4, -0.2) is 43.3 Å². The smallest absolute Gasteiger partial charge is 0.0597 e. The maximum absolute atomic E-state index is 5.94. The van der Waals surface area contributed by atoms with Gasteiger partial charge in [0.25, 0.3) is 0 Å². The third-order valence-corrected chi connectivity index (χ3v) is 3.93. The van der Waals surface area contributed by atoms with Crippen molar-refractivity contribution >= 4 is 0 Å². The normalized spacial score (nSPS) is 32.8. The van der Waals surface area contributed by atoms with E-state index in [1.165, 1.54) is 45.2 Å². The summed E-state index contributed by atoms with van der Waals surface area (Å²) in [5.41, 5.74) is 5.88. The van der Waals surface area contributed by atoms with Gasteiger partial charge in [-0.1, -0.05) is 6.42 Å². The fourth-order valence-corrected chi connectivity index (χ4v) is 2.79. The van der Waals surface area contributed by atoms with Crippen LogP contribution in [0, 0.1) is 0 Å². The molecule has 1 heterocycles. The number of ether oxygens (including phenoxy) is 1. The first-order valence-corrected chi connectivity index (χ1v) is 6.94. The first-order valence-electron chi connectivity index (χ1n) is 6.94. The van der Waals surface area contributed by atoms with E-state index in [2.05, 4.69) is 4.90 Å². The summed E-state index contributed by atoms with van der Waals surface area (Å²) in [5, 5.41) is 0. The highest BCUT2D eigenvalue weighted by Crippen LogP contribution is 2.19. The number of hydrogen-bond donors (Lipinski definition) is 1. The molecule has 0 aromatic heterocycles. The molecule has 16 heavy (non-hydrogen) atoms. The van der Waals surface area contributed by atoms with Gasteiger partial charge in [0, 0.05) is 12.6 Å². The molecule has 1 aliphatic heterocycles. The van der Waals surface area contributed by atoms with Crippen LogP contribution in [0.15, 0.2) is 0 Å². The third-order valence-electron chi connectivity index (χ3n) is 3.93. The lowest BCUT2D eigenvalue weighted by molar-refractivity contribution is 0.0113. The van der Waals surface area contributed by atoms with Crippen molar-refractivity contribution in [1.29, 1.82) is 0 Å². The molecule has 3 heteroatoms. The number of nitrogens with zero attached hydrogens (tertiary/aromatic N) is 1. The van der Waals surface area contributed by atoms with Crippen molar-refractivity contribution < 1.29 is 4.74 Å². The molecule has 0 unspecified atom stereocenters. The van der Waals surface area contributed by atoms with E-state index in [0.29, 0.717) is 12.1 Å². The molecule has 0 spiro atoms. The maximum atomic E-state index is 5.94. The standard InChI is InChI=1S/C13H26N2O/c14-12-4-6-13(7-5-12)16-11-10-15-8-2-1-3-9-15/h12-13H,1-11,14H2. The quantitative estimate of drug-likeness (QED) is 0.794. The number of hydrogen-bond acceptors (Lipinski definition) is 3. The minimum absolute atomic E-state index is 0.432. The van der Waals surface area contributed by atoms with Crippen LogP contribution in [-0.2, 0) is 4.74 Å². The van der Waals surface area contributed by atoms with Gasteiger partial charge in [-0.25, -0.2) is 0 Å². The van der Waals surface area contributed by atoms with Gasteiger partial charge in [-0.2, -0.15) is 0 Å². The van der Waals surface area contributed by atoms with E-state index in [1.54, 1.807) is 0 Å². The van der Waals surface area contributed by atoms with Gasteiger partial charge in [0.15, 0.2) is 0 Å². The van der Waals surface area contributed by atoms with E-state index in [1.807, 2.05) is 0 Å². The maximum Gasteiger partial charge on any atom is 0.0597 e. The Balaban J connectivity index is 1.53. The van der Waals surface area contributed by atoms with Crippen molar-refractivity contribution in [2.45, 2.75) is 57.1 Å². The molecular weight excluding hydrogens is 200 g/mol. The molecule has 2 N–H and O–H groups in total. The summed E-state index contributed by atoms with van der Waals surface area (Å²) in [6, 6.07) is 0.432. The first kappa shape index (κ1) is 12.3. The van der Waals surface area contributed by atoms with Crippen LogP contribution in [0.2, 0.25) is 0 Å². The molecule has 0 amide bonds. The van der Waals surface area contributed by atoms with Crippen LogP contribution in [0.25, 0.3) is 0 Å². The largest absolute Gasteiger partial charge is 0.377 e. The molecule has 2 aliphatic rings. The van der Waals surface area contributed by atoms with E-state index < -0.39 is 0 Å². The molecule has 1 aliphatic carbocycles. The van der Waals surface area contributed by atoms with Crippen LogP contribution in [0.5, 0.6) is 0 Å². The lowest BCUT2D eigenvalue weighted by atomic mass is 9.94. The zero-order valence-corrected chi connectivity index (χ0v) is 10.4. The average Bonchev–Trinajstić information content (AvgIpc) is 2.33. The van der Waals surface area contributed by atoms with E-state index >= 15 is 0 Å². The molecule has 94 valence electrons. The first-order chi connectivity index (χ1) is 7.84. The lowest BCUT2D eigenvalue weighted by Gasteiger charge is -2.29. The van der Waals surface area contributed by atoms with Crippen molar-refractivity contribution in [3.63, 3.8) is 0 Å². The van der Waals surface area contributed by atoms with Crippen molar-refractivity contribution in [3.05, 3.63) is 0 Å². The van der Waals surface area contributed by atoms with Gasteiger partial charge in [0.05, 0.1) is 12.7 Å². The van der Waals surface area contributed by atoms with Crippen LogP contribution in [0.3, 0.4) is 0 Å². The number of likely N-dealkylation sites (tertiary alicyclic amines) is 1. The molecule has 0 atom stereocenters. The Morgan fingerprint density at radius 3 is 2.38 bits per heavy atom. The molecule has 3 nitrogen and oxygen atoms in total. The van der Waals surface area contributed by atoms with Gasteiger partial charge in [0.1, 0.15) is 0 Å². The van der Waals surface area contributed by atoms with Gasteiger partial charge in [0.2, 0.25) is 0 Å². The number of rotatable bonds is 4. The van der Waals surface area contributed by atoms with Crippen molar-refractivity contribution in [3.8, 4) is 0 Å². The molecule has 0 aromatic carbocycles. The zero-order chi connectivity index (χ0) is 11.2. The van der Waals surface area contributed by atoms with Crippen molar-refractivity contribution in [2.75, 3.05) is 26.2 Å². The fraction of sp³-hybridized carbons (Fsp3) is 1.00. The minimum Gasteiger partial charge on any atom is -0.377 e. The minimum atomic E-state index is 0.432. The monoisotopic (exact) mass is 226 g/mol. The molecule has 2 rings (SSSR count). The van der Waals surface area contributed by atoms with Crippen LogP contribution in [0.1, 0.15) is 44.9 Å². The second kappa shape index (κ2) is 6.58. The van der Waals surface area contributed by atoms with E-state index in [9.17, 15) is 0 Å². The summed E-state index contributed by atoms with van der Waals surface area (Å²) in [7, 11) is 0. The highest BCUT2D eigenvalue weighted by atomic mass is 16.5. The fourth-order valence-electron chi connectivity index (χ4n) is 2.79. The Hall–Kier alpha value is -0.120. The average molecular weight is 226 g/mol. The summed E-state index contributed by atoms with van der Waals surface area (Å²) in [6.07, 6.45) is 9.28. The lowest BCUT2D eigenvalue weighted by Crippen LogP contribution is -2.35. The highest BCUT2D eigenvalue weighted by molar-refractivity contribution is 4.74. The summed E-state index contributed by atoms with van der Waals surface area (Å²) < 4.78 is 5.94. The topological polar surface area (TPSA) is 38.5 Å². The summed E-state index contributed by atoms with van der Waals surface area (Å²) >= 11 is 0. The number of piperidine rings is 1. The van der Waals surface area contributed by atoms with Gasteiger partial charge >= 0.3 is 0 Å². The molecule has 2 fully saturated rings. The number of nitrogens with two attached hydrogens (primary N) is 1. The Labute approximate surface area is 99.3 Å². The van der Waals surface area contributed by atoms with Gasteiger partial charge < -0.3 is 15.4 Å². The molecule has 1 saturated heterocycles. The van der Waals surface area contributed by atoms with Gasteiger partial charge in [-0.3, -0.25) is 0 Å².